The number of fused-ring (bicyclic) bond motifs is 1. The lowest BCUT2D eigenvalue weighted by Gasteiger charge is -2.34. The smallest absolute Gasteiger partial charge is 0.251 e. The molecule has 1 aliphatic rings. The highest BCUT2D eigenvalue weighted by Crippen LogP contribution is 2.32. The van der Waals surface area contributed by atoms with Gasteiger partial charge in [-0.1, -0.05) is 6.92 Å². The van der Waals surface area contributed by atoms with E-state index in [4.69, 9.17) is 4.98 Å². The van der Waals surface area contributed by atoms with Gasteiger partial charge in [-0.05, 0) is 55.9 Å². The van der Waals surface area contributed by atoms with E-state index in [2.05, 4.69) is 46.4 Å². The number of carbonyl (C=O) groups excluding carboxylic acids is 1. The lowest BCUT2D eigenvalue weighted by Crippen LogP contribution is -2.44. The summed E-state index contributed by atoms with van der Waals surface area (Å²) in [5.74, 6) is -0.0183. The van der Waals surface area contributed by atoms with Gasteiger partial charge < -0.3 is 15.1 Å². The summed E-state index contributed by atoms with van der Waals surface area (Å²) >= 11 is 1.64. The summed E-state index contributed by atoms with van der Waals surface area (Å²) in [6.07, 6.45) is 0.933. The summed E-state index contributed by atoms with van der Waals surface area (Å²) in [4.78, 5) is 21.8. The predicted molar refractivity (Wildman–Crippen MR) is 117 cm³/mol. The van der Waals surface area contributed by atoms with Gasteiger partial charge in [0.05, 0.1) is 10.2 Å². The van der Waals surface area contributed by atoms with Crippen LogP contribution in [-0.4, -0.2) is 55.6 Å². The van der Waals surface area contributed by atoms with Gasteiger partial charge >= 0.3 is 0 Å². The van der Waals surface area contributed by atoms with E-state index in [9.17, 15) is 4.79 Å². The van der Waals surface area contributed by atoms with Crippen molar-refractivity contribution in [1.82, 2.24) is 15.2 Å². The Kier molecular flexibility index (Phi) is 5.59. The molecule has 6 heteroatoms. The van der Waals surface area contributed by atoms with Gasteiger partial charge in [0.25, 0.3) is 5.91 Å². The Bertz CT molecular complexity index is 958. The molecule has 0 radical (unpaired) electrons. The van der Waals surface area contributed by atoms with Crippen molar-refractivity contribution in [1.29, 1.82) is 0 Å². The molecule has 1 aromatic heterocycles. The third-order valence-corrected chi connectivity index (χ3v) is 6.24. The molecule has 0 aliphatic carbocycles. The van der Waals surface area contributed by atoms with E-state index in [0.717, 1.165) is 53.4 Å². The van der Waals surface area contributed by atoms with Gasteiger partial charge in [0.2, 0.25) is 0 Å². The quantitative estimate of drug-likeness (QED) is 0.714. The molecular formula is C22H26N4OS. The third kappa shape index (κ3) is 4.03. The van der Waals surface area contributed by atoms with E-state index in [1.165, 1.54) is 5.69 Å². The molecular weight excluding hydrogens is 368 g/mol. The topological polar surface area (TPSA) is 48.5 Å². The molecule has 1 aliphatic heterocycles. The van der Waals surface area contributed by atoms with Crippen LogP contribution in [0.5, 0.6) is 0 Å². The summed E-state index contributed by atoms with van der Waals surface area (Å²) in [6.45, 7) is 7.10. The summed E-state index contributed by atoms with van der Waals surface area (Å²) in [5, 5.41) is 3.92. The average molecular weight is 395 g/mol. The van der Waals surface area contributed by atoms with Crippen molar-refractivity contribution in [2.24, 2.45) is 0 Å². The second-order valence-electron chi connectivity index (χ2n) is 7.29. The van der Waals surface area contributed by atoms with Gasteiger partial charge in [0.1, 0.15) is 5.01 Å². The predicted octanol–water partition coefficient (Wildman–Crippen LogP) is 3.85. The first-order valence-electron chi connectivity index (χ1n) is 9.87. The molecule has 28 heavy (non-hydrogen) atoms. The fourth-order valence-electron chi connectivity index (χ4n) is 3.41. The number of rotatable bonds is 5. The first-order valence-corrected chi connectivity index (χ1v) is 10.7. The zero-order valence-electron chi connectivity index (χ0n) is 16.4. The molecule has 0 atom stereocenters. The second-order valence-corrected chi connectivity index (χ2v) is 8.33. The molecule has 0 spiro atoms. The van der Waals surface area contributed by atoms with Gasteiger partial charge in [-0.15, -0.1) is 11.3 Å². The molecule has 0 bridgehead atoms. The van der Waals surface area contributed by atoms with Crippen molar-refractivity contribution in [2.75, 3.05) is 44.7 Å². The lowest BCUT2D eigenvalue weighted by molar-refractivity contribution is 0.0954. The highest BCUT2D eigenvalue weighted by atomic mass is 32.1. The van der Waals surface area contributed by atoms with Crippen LogP contribution in [0.15, 0.2) is 42.5 Å². The number of likely N-dealkylation sites (N-methyl/N-ethyl adjacent to an activating group) is 1. The third-order valence-electron chi connectivity index (χ3n) is 5.17. The zero-order chi connectivity index (χ0) is 19.5. The number of benzene rings is 2. The van der Waals surface area contributed by atoms with Crippen molar-refractivity contribution in [3.63, 3.8) is 0 Å². The number of thiazole rings is 1. The minimum atomic E-state index is -0.0183. The Morgan fingerprint density at radius 3 is 2.57 bits per heavy atom. The van der Waals surface area contributed by atoms with Crippen molar-refractivity contribution in [3.8, 4) is 10.6 Å². The van der Waals surface area contributed by atoms with E-state index < -0.39 is 0 Å². The fraction of sp³-hybridized carbons (Fsp3) is 0.364. The molecule has 1 amide bonds. The molecule has 4 rings (SSSR count). The van der Waals surface area contributed by atoms with Crippen LogP contribution in [0, 0.1) is 0 Å². The first-order chi connectivity index (χ1) is 13.6. The van der Waals surface area contributed by atoms with Crippen LogP contribution < -0.4 is 10.2 Å². The first kappa shape index (κ1) is 18.9. The number of hydrogen-bond acceptors (Lipinski definition) is 5. The number of nitrogens with one attached hydrogen (secondary N) is 1. The van der Waals surface area contributed by atoms with E-state index in [1.54, 1.807) is 11.3 Å². The average Bonchev–Trinajstić information content (AvgIpc) is 3.16. The van der Waals surface area contributed by atoms with Crippen LogP contribution in [0.1, 0.15) is 23.7 Å². The molecule has 5 nitrogen and oxygen atoms in total. The molecule has 1 N–H and O–H groups in total. The van der Waals surface area contributed by atoms with E-state index in [0.29, 0.717) is 12.1 Å². The van der Waals surface area contributed by atoms with Crippen molar-refractivity contribution in [3.05, 3.63) is 48.0 Å². The van der Waals surface area contributed by atoms with Crippen LogP contribution in [0.2, 0.25) is 0 Å². The monoisotopic (exact) mass is 394 g/mol. The molecule has 2 aromatic carbocycles. The molecule has 1 saturated heterocycles. The largest absolute Gasteiger partial charge is 0.369 e. The summed E-state index contributed by atoms with van der Waals surface area (Å²) in [7, 11) is 2.17. The Hall–Kier alpha value is -2.44. The Labute approximate surface area is 170 Å². The number of aromatic nitrogens is 1. The highest BCUT2D eigenvalue weighted by molar-refractivity contribution is 7.21. The van der Waals surface area contributed by atoms with Crippen molar-refractivity contribution in [2.45, 2.75) is 13.3 Å². The standard InChI is InChI=1S/C22H26N4OS/c1-3-10-23-21(27)17-6-9-19-20(15-17)28-22(24-19)16-4-7-18(8-5-16)26-13-11-25(2)12-14-26/h4-9,15H,3,10-14H2,1-2H3,(H,23,27). The number of nitrogens with zero attached hydrogens (tertiary/aromatic N) is 3. The minimum Gasteiger partial charge on any atom is -0.369 e. The Morgan fingerprint density at radius 2 is 1.86 bits per heavy atom. The molecule has 0 unspecified atom stereocenters. The van der Waals surface area contributed by atoms with Crippen LogP contribution in [0.4, 0.5) is 5.69 Å². The van der Waals surface area contributed by atoms with Gasteiger partial charge in [-0.3, -0.25) is 4.79 Å². The van der Waals surface area contributed by atoms with E-state index >= 15 is 0 Å². The van der Waals surface area contributed by atoms with E-state index in [-0.39, 0.29) is 5.91 Å². The number of anilines is 1. The van der Waals surface area contributed by atoms with Crippen LogP contribution in [-0.2, 0) is 0 Å². The molecule has 146 valence electrons. The normalized spacial score (nSPS) is 15.1. The van der Waals surface area contributed by atoms with Crippen molar-refractivity contribution >= 4 is 33.1 Å². The van der Waals surface area contributed by atoms with Gasteiger partial charge in [0.15, 0.2) is 0 Å². The van der Waals surface area contributed by atoms with Gasteiger partial charge in [-0.25, -0.2) is 4.98 Å². The molecule has 1 fully saturated rings. The van der Waals surface area contributed by atoms with E-state index in [1.807, 2.05) is 25.1 Å². The lowest BCUT2D eigenvalue weighted by atomic mass is 10.2. The van der Waals surface area contributed by atoms with Gasteiger partial charge in [-0.2, -0.15) is 0 Å². The highest BCUT2D eigenvalue weighted by Gasteiger charge is 2.15. The number of amides is 1. The molecule has 0 saturated carbocycles. The van der Waals surface area contributed by atoms with Crippen LogP contribution in [0.25, 0.3) is 20.8 Å². The Balaban J connectivity index is 1.53. The number of hydrogen-bond donors (Lipinski definition) is 1. The van der Waals surface area contributed by atoms with Crippen molar-refractivity contribution < 1.29 is 4.79 Å². The van der Waals surface area contributed by atoms with Crippen LogP contribution >= 0.6 is 11.3 Å². The maximum atomic E-state index is 12.2. The summed E-state index contributed by atoms with van der Waals surface area (Å²) < 4.78 is 1.04. The maximum absolute atomic E-state index is 12.2. The molecule has 3 aromatic rings. The minimum absolute atomic E-state index is 0.0183. The number of carbonyl (C=O) groups is 1. The Morgan fingerprint density at radius 1 is 1.11 bits per heavy atom. The van der Waals surface area contributed by atoms with Crippen LogP contribution in [0.3, 0.4) is 0 Å². The summed E-state index contributed by atoms with van der Waals surface area (Å²) in [6, 6.07) is 14.4. The fourth-order valence-corrected chi connectivity index (χ4v) is 4.42. The maximum Gasteiger partial charge on any atom is 0.251 e. The summed E-state index contributed by atoms with van der Waals surface area (Å²) in [5.41, 5.74) is 4.03. The zero-order valence-corrected chi connectivity index (χ0v) is 17.3. The SMILES string of the molecule is CCCNC(=O)c1ccc2nc(-c3ccc(N4CCN(C)CC4)cc3)sc2c1. The second kappa shape index (κ2) is 8.29. The number of piperazine rings is 1. The molecule has 2 heterocycles. The van der Waals surface area contributed by atoms with Gasteiger partial charge in [0, 0.05) is 49.5 Å².